The molecule has 0 amide bonds. The third-order valence-corrected chi connectivity index (χ3v) is 4.71. The number of ether oxygens (including phenoxy) is 1. The van der Waals surface area contributed by atoms with Gasteiger partial charge in [-0.05, 0) is 95.3 Å². The highest BCUT2D eigenvalue weighted by Crippen LogP contribution is 2.32. The van der Waals surface area contributed by atoms with Crippen LogP contribution < -0.4 is 4.74 Å². The van der Waals surface area contributed by atoms with Gasteiger partial charge < -0.3 is 4.74 Å². The second-order valence-corrected chi connectivity index (χ2v) is 6.58. The molecule has 2 aromatic rings. The van der Waals surface area contributed by atoms with Crippen LogP contribution in [0.15, 0.2) is 42.0 Å². The van der Waals surface area contributed by atoms with Crippen molar-refractivity contribution in [3.63, 3.8) is 0 Å². The highest BCUT2D eigenvalue weighted by atomic mass is 16.5. The van der Waals surface area contributed by atoms with Crippen molar-refractivity contribution >= 4 is 5.97 Å². The summed E-state index contributed by atoms with van der Waals surface area (Å²) in [5.74, 6) is 0.388. The van der Waals surface area contributed by atoms with Gasteiger partial charge in [-0.15, -0.1) is 0 Å². The number of benzene rings is 2. The molecule has 0 atom stereocenters. The van der Waals surface area contributed by atoms with E-state index in [9.17, 15) is 4.79 Å². The molecule has 0 aliphatic heterocycles. The molecule has 2 heteroatoms. The molecular formula is C31H54O2. The van der Waals surface area contributed by atoms with Crippen molar-refractivity contribution < 1.29 is 9.53 Å². The second-order valence-electron chi connectivity index (χ2n) is 6.58. The Hall–Kier alpha value is -2.35. The summed E-state index contributed by atoms with van der Waals surface area (Å²) in [6.07, 6.45) is 2.08. The van der Waals surface area contributed by atoms with Crippen LogP contribution >= 0.6 is 0 Å². The van der Waals surface area contributed by atoms with Gasteiger partial charge in [0.2, 0.25) is 0 Å². The molecule has 2 nitrogen and oxygen atoms in total. The number of carbonyl (C=O) groups is 1. The Morgan fingerprint density at radius 3 is 1.24 bits per heavy atom. The minimum absolute atomic E-state index is 0.306. The van der Waals surface area contributed by atoms with Gasteiger partial charge in [0, 0.05) is 0 Å². The zero-order chi connectivity index (χ0) is 27.1. The van der Waals surface area contributed by atoms with Crippen molar-refractivity contribution in [3.05, 3.63) is 75.4 Å². The summed E-state index contributed by atoms with van der Waals surface area (Å²) in [6.45, 7) is 32.4. The molecule has 0 bridgehead atoms. The Morgan fingerprint density at radius 1 is 0.636 bits per heavy atom. The Kier molecular flexibility index (Phi) is 27.9. The molecule has 0 spiro atoms. The molecule has 0 aliphatic carbocycles. The summed E-state index contributed by atoms with van der Waals surface area (Å²) in [7, 11) is 0. The minimum atomic E-state index is -0.306. The van der Waals surface area contributed by atoms with E-state index in [1.165, 1.54) is 22.3 Å². The van der Waals surface area contributed by atoms with Gasteiger partial charge in [0.15, 0.2) is 0 Å². The SMILES string of the molecule is CC.CC.CC.CC.CC=C(C)C.Cc1c(C)c(C)c(OC(=O)c2ccccc2)c(C)c1C. The molecule has 0 saturated carbocycles. The van der Waals surface area contributed by atoms with Crippen LogP contribution in [0.4, 0.5) is 0 Å². The molecule has 0 aliphatic rings. The molecular weight excluding hydrogens is 404 g/mol. The van der Waals surface area contributed by atoms with Gasteiger partial charge in [-0.25, -0.2) is 4.79 Å². The Bertz CT molecular complexity index is 736. The predicted octanol–water partition coefficient (Wildman–Crippen LogP) is 10.5. The highest BCUT2D eigenvalue weighted by Gasteiger charge is 2.17. The maximum absolute atomic E-state index is 12.2. The van der Waals surface area contributed by atoms with E-state index in [0.29, 0.717) is 11.3 Å². The van der Waals surface area contributed by atoms with E-state index in [1.54, 1.807) is 12.1 Å². The topological polar surface area (TPSA) is 26.3 Å². The van der Waals surface area contributed by atoms with Crippen LogP contribution in [-0.4, -0.2) is 5.97 Å². The van der Waals surface area contributed by atoms with Gasteiger partial charge in [0.05, 0.1) is 5.56 Å². The summed E-state index contributed by atoms with van der Waals surface area (Å²) >= 11 is 0. The van der Waals surface area contributed by atoms with E-state index in [4.69, 9.17) is 4.74 Å². The van der Waals surface area contributed by atoms with E-state index < -0.39 is 0 Å². The quantitative estimate of drug-likeness (QED) is 0.254. The van der Waals surface area contributed by atoms with Crippen molar-refractivity contribution in [3.8, 4) is 5.75 Å². The van der Waals surface area contributed by atoms with Gasteiger partial charge in [-0.2, -0.15) is 0 Å². The number of esters is 1. The lowest BCUT2D eigenvalue weighted by Gasteiger charge is -2.18. The minimum Gasteiger partial charge on any atom is -0.422 e. The number of carbonyl (C=O) groups excluding carboxylic acids is 1. The van der Waals surface area contributed by atoms with E-state index in [-0.39, 0.29) is 5.97 Å². The van der Waals surface area contributed by atoms with E-state index in [1.807, 2.05) is 94.4 Å². The van der Waals surface area contributed by atoms with Crippen LogP contribution in [0.2, 0.25) is 0 Å². The van der Waals surface area contributed by atoms with Crippen LogP contribution in [0, 0.1) is 34.6 Å². The summed E-state index contributed by atoms with van der Waals surface area (Å²) in [5, 5.41) is 0. The fourth-order valence-corrected chi connectivity index (χ4v) is 2.34. The molecule has 33 heavy (non-hydrogen) atoms. The zero-order valence-corrected chi connectivity index (χ0v) is 24.8. The summed E-state index contributed by atoms with van der Waals surface area (Å²) in [4.78, 5) is 12.2. The molecule has 190 valence electrons. The number of rotatable bonds is 2. The summed E-state index contributed by atoms with van der Waals surface area (Å²) in [5.41, 5.74) is 7.66. The van der Waals surface area contributed by atoms with Gasteiger partial charge in [-0.3, -0.25) is 0 Å². The van der Waals surface area contributed by atoms with E-state index in [0.717, 1.165) is 11.1 Å². The van der Waals surface area contributed by atoms with E-state index in [2.05, 4.69) is 40.7 Å². The van der Waals surface area contributed by atoms with Crippen molar-refractivity contribution in [2.24, 2.45) is 0 Å². The van der Waals surface area contributed by atoms with Crippen molar-refractivity contribution in [2.45, 2.75) is 111 Å². The molecule has 0 saturated heterocycles. The average molecular weight is 459 g/mol. The summed E-state index contributed by atoms with van der Waals surface area (Å²) < 4.78 is 5.64. The third kappa shape index (κ3) is 14.4. The van der Waals surface area contributed by atoms with Crippen molar-refractivity contribution in [2.75, 3.05) is 0 Å². The van der Waals surface area contributed by atoms with Crippen molar-refractivity contribution in [1.29, 1.82) is 0 Å². The third-order valence-electron chi connectivity index (χ3n) is 4.71. The predicted molar refractivity (Wildman–Crippen MR) is 152 cm³/mol. The number of hydrogen-bond acceptors (Lipinski definition) is 2. The second kappa shape index (κ2) is 24.3. The number of allylic oxidation sites excluding steroid dienone is 2. The van der Waals surface area contributed by atoms with Gasteiger partial charge in [0.25, 0.3) is 0 Å². The first-order valence-corrected chi connectivity index (χ1v) is 12.6. The lowest BCUT2D eigenvalue weighted by molar-refractivity contribution is 0.0732. The first kappa shape index (κ1) is 37.9. The lowest BCUT2D eigenvalue weighted by atomic mass is 9.94. The molecule has 2 rings (SSSR count). The Balaban J connectivity index is -0.000000274. The van der Waals surface area contributed by atoms with Gasteiger partial charge in [-0.1, -0.05) is 85.2 Å². The Labute approximate surface area is 207 Å². The normalized spacial score (nSPS) is 8.12. The average Bonchev–Trinajstić information content (AvgIpc) is 2.89. The van der Waals surface area contributed by atoms with E-state index >= 15 is 0 Å². The van der Waals surface area contributed by atoms with Crippen LogP contribution in [-0.2, 0) is 0 Å². The van der Waals surface area contributed by atoms with Gasteiger partial charge >= 0.3 is 5.97 Å². The first-order valence-electron chi connectivity index (χ1n) is 12.6. The highest BCUT2D eigenvalue weighted by molar-refractivity contribution is 5.91. The first-order chi connectivity index (χ1) is 15.7. The van der Waals surface area contributed by atoms with Crippen molar-refractivity contribution in [1.82, 2.24) is 0 Å². The molecule has 0 radical (unpaired) electrons. The molecule has 2 aromatic carbocycles. The Morgan fingerprint density at radius 2 is 0.939 bits per heavy atom. The largest absolute Gasteiger partial charge is 0.422 e. The van der Waals surface area contributed by atoms with Gasteiger partial charge in [0.1, 0.15) is 5.75 Å². The smallest absolute Gasteiger partial charge is 0.343 e. The molecule has 0 N–H and O–H groups in total. The van der Waals surface area contributed by atoms with Crippen LogP contribution in [0.5, 0.6) is 5.75 Å². The maximum Gasteiger partial charge on any atom is 0.343 e. The molecule has 0 fully saturated rings. The fraction of sp³-hybridized carbons (Fsp3) is 0.516. The number of hydrogen-bond donors (Lipinski definition) is 0. The zero-order valence-electron chi connectivity index (χ0n) is 24.8. The van der Waals surface area contributed by atoms with Crippen LogP contribution in [0.3, 0.4) is 0 Å². The summed E-state index contributed by atoms with van der Waals surface area (Å²) in [6, 6.07) is 9.08. The lowest BCUT2D eigenvalue weighted by Crippen LogP contribution is -2.11. The molecule has 0 aromatic heterocycles. The fourth-order valence-electron chi connectivity index (χ4n) is 2.34. The molecule has 0 unspecified atom stereocenters. The molecule has 0 heterocycles. The van der Waals surface area contributed by atoms with Crippen LogP contribution in [0.25, 0.3) is 0 Å². The monoisotopic (exact) mass is 458 g/mol. The standard InChI is InChI=1S/C18H20O2.C5H10.4C2H6/c1-11-12(2)14(4)17(15(5)13(11)3)20-18(19)16-9-7-6-8-10-16;1-4-5(2)3;4*1-2/h6-10H,1-5H3;4H,1-3H3;4*1-2H3. The maximum atomic E-state index is 12.2. The van der Waals surface area contributed by atoms with Crippen LogP contribution in [0.1, 0.15) is 114 Å².